The molecule has 148 valence electrons. The third kappa shape index (κ3) is 4.71. The average Bonchev–Trinajstić information content (AvgIpc) is 2.75. The maximum Gasteiger partial charge on any atom is 0.257 e. The first-order valence-electron chi connectivity index (χ1n) is 9.49. The van der Waals surface area contributed by atoms with E-state index in [1.165, 1.54) is 0 Å². The van der Waals surface area contributed by atoms with E-state index < -0.39 is 0 Å². The molecule has 0 atom stereocenters. The molecule has 1 aromatic heterocycles. The Morgan fingerprint density at radius 1 is 1.04 bits per heavy atom. The van der Waals surface area contributed by atoms with Gasteiger partial charge < -0.3 is 24.8 Å². The molecule has 0 aliphatic carbocycles. The van der Waals surface area contributed by atoms with Crippen molar-refractivity contribution in [3.05, 3.63) is 42.1 Å². The van der Waals surface area contributed by atoms with Crippen LogP contribution >= 0.6 is 0 Å². The fraction of sp³-hybridized carbons (Fsp3) is 0.400. The number of carbonyl (C=O) groups is 1. The van der Waals surface area contributed by atoms with Gasteiger partial charge in [0.2, 0.25) is 0 Å². The highest BCUT2D eigenvalue weighted by Gasteiger charge is 2.14. The van der Waals surface area contributed by atoms with Gasteiger partial charge >= 0.3 is 0 Å². The van der Waals surface area contributed by atoms with Crippen molar-refractivity contribution in [1.82, 2.24) is 9.88 Å². The molecule has 1 aromatic carbocycles. The van der Waals surface area contributed by atoms with Gasteiger partial charge in [-0.1, -0.05) is 0 Å². The molecule has 28 heavy (non-hydrogen) atoms. The molecule has 8 nitrogen and oxygen atoms in total. The number of hydrogen-bond acceptors (Lipinski definition) is 7. The smallest absolute Gasteiger partial charge is 0.257 e. The number of anilines is 2. The van der Waals surface area contributed by atoms with Gasteiger partial charge in [-0.2, -0.15) is 0 Å². The molecule has 1 saturated heterocycles. The summed E-state index contributed by atoms with van der Waals surface area (Å²) in [5.74, 6) is 1.87. The summed E-state index contributed by atoms with van der Waals surface area (Å²) in [6.45, 7) is 6.32. The van der Waals surface area contributed by atoms with Gasteiger partial charge in [0.1, 0.15) is 19.0 Å². The standard InChI is InChI=1S/C20H24N4O4/c25-20(23-16-2-3-17-18(13-16)28-12-11-27-17)15-1-4-19(22-14-15)21-5-6-24-7-9-26-10-8-24/h1-4,13-14H,5-12H2,(H,21,22)(H,23,25). The number of hydrogen-bond donors (Lipinski definition) is 2. The Balaban J connectivity index is 1.28. The Hall–Kier alpha value is -2.84. The monoisotopic (exact) mass is 384 g/mol. The van der Waals surface area contributed by atoms with Crippen molar-refractivity contribution in [1.29, 1.82) is 0 Å². The number of ether oxygens (including phenoxy) is 3. The molecular weight excluding hydrogens is 360 g/mol. The number of nitrogens with zero attached hydrogens (tertiary/aromatic N) is 2. The van der Waals surface area contributed by atoms with Crippen LogP contribution in [0.5, 0.6) is 11.5 Å². The van der Waals surface area contributed by atoms with E-state index in [9.17, 15) is 4.79 Å². The van der Waals surface area contributed by atoms with Crippen LogP contribution in [-0.2, 0) is 4.74 Å². The van der Waals surface area contributed by atoms with Crippen LogP contribution in [0.2, 0.25) is 0 Å². The Morgan fingerprint density at radius 3 is 2.64 bits per heavy atom. The number of pyridine rings is 1. The van der Waals surface area contributed by atoms with Crippen LogP contribution in [0.3, 0.4) is 0 Å². The largest absolute Gasteiger partial charge is 0.486 e. The first-order valence-corrected chi connectivity index (χ1v) is 9.49. The zero-order valence-corrected chi connectivity index (χ0v) is 15.6. The lowest BCUT2D eigenvalue weighted by Crippen LogP contribution is -2.39. The minimum Gasteiger partial charge on any atom is -0.486 e. The molecular formula is C20H24N4O4. The zero-order valence-electron chi connectivity index (χ0n) is 15.6. The number of nitrogens with one attached hydrogen (secondary N) is 2. The Morgan fingerprint density at radius 2 is 1.86 bits per heavy atom. The molecule has 1 amide bonds. The van der Waals surface area contributed by atoms with E-state index in [0.717, 1.165) is 45.2 Å². The van der Waals surface area contributed by atoms with Crippen molar-refractivity contribution in [2.24, 2.45) is 0 Å². The minimum absolute atomic E-state index is 0.218. The third-order valence-electron chi connectivity index (χ3n) is 4.66. The second-order valence-corrected chi connectivity index (χ2v) is 6.63. The summed E-state index contributed by atoms with van der Waals surface area (Å²) >= 11 is 0. The molecule has 2 N–H and O–H groups in total. The minimum atomic E-state index is -0.218. The van der Waals surface area contributed by atoms with Gasteiger partial charge in [0, 0.05) is 44.1 Å². The molecule has 8 heteroatoms. The number of benzene rings is 1. The maximum atomic E-state index is 12.5. The SMILES string of the molecule is O=C(Nc1ccc2c(c1)OCCO2)c1ccc(NCCN2CCOCC2)nc1. The van der Waals surface area contributed by atoms with Crippen LogP contribution in [0.1, 0.15) is 10.4 Å². The summed E-state index contributed by atoms with van der Waals surface area (Å²) in [6, 6.07) is 8.93. The topological polar surface area (TPSA) is 85.0 Å². The Kier molecular flexibility index (Phi) is 5.89. The molecule has 2 aliphatic heterocycles. The van der Waals surface area contributed by atoms with Crippen LogP contribution in [-0.4, -0.2) is 68.4 Å². The summed E-state index contributed by atoms with van der Waals surface area (Å²) in [5.41, 5.74) is 1.15. The number of amides is 1. The van der Waals surface area contributed by atoms with Crippen molar-refractivity contribution in [3.8, 4) is 11.5 Å². The van der Waals surface area contributed by atoms with Crippen molar-refractivity contribution < 1.29 is 19.0 Å². The van der Waals surface area contributed by atoms with E-state index >= 15 is 0 Å². The lowest BCUT2D eigenvalue weighted by Gasteiger charge is -2.26. The number of aromatic nitrogens is 1. The van der Waals surface area contributed by atoms with Gasteiger partial charge in [-0.3, -0.25) is 9.69 Å². The molecule has 0 spiro atoms. The summed E-state index contributed by atoms with van der Waals surface area (Å²) in [5, 5.41) is 6.15. The van der Waals surface area contributed by atoms with Crippen molar-refractivity contribution >= 4 is 17.4 Å². The predicted octanol–water partition coefficient (Wildman–Crippen LogP) is 1.85. The van der Waals surface area contributed by atoms with Crippen molar-refractivity contribution in [3.63, 3.8) is 0 Å². The van der Waals surface area contributed by atoms with Gasteiger partial charge in [0.15, 0.2) is 11.5 Å². The lowest BCUT2D eigenvalue weighted by atomic mass is 10.2. The van der Waals surface area contributed by atoms with Crippen LogP contribution in [0, 0.1) is 0 Å². The predicted molar refractivity (Wildman–Crippen MR) is 105 cm³/mol. The van der Waals surface area contributed by atoms with E-state index in [1.807, 2.05) is 6.07 Å². The van der Waals surface area contributed by atoms with E-state index in [4.69, 9.17) is 14.2 Å². The summed E-state index contributed by atoms with van der Waals surface area (Å²) in [7, 11) is 0. The van der Waals surface area contributed by atoms with Gasteiger partial charge in [0.25, 0.3) is 5.91 Å². The third-order valence-corrected chi connectivity index (χ3v) is 4.66. The van der Waals surface area contributed by atoms with E-state index in [1.54, 1.807) is 30.5 Å². The van der Waals surface area contributed by atoms with Crippen LogP contribution in [0.15, 0.2) is 36.5 Å². The maximum absolute atomic E-state index is 12.5. The Labute approximate surface area is 163 Å². The molecule has 0 unspecified atom stereocenters. The first-order chi connectivity index (χ1) is 13.8. The zero-order chi connectivity index (χ0) is 19.2. The molecule has 0 radical (unpaired) electrons. The molecule has 1 fully saturated rings. The normalized spacial score (nSPS) is 16.4. The average molecular weight is 384 g/mol. The number of rotatable bonds is 6. The molecule has 0 bridgehead atoms. The summed E-state index contributed by atoms with van der Waals surface area (Å²) in [6.07, 6.45) is 1.57. The molecule has 4 rings (SSSR count). The molecule has 3 heterocycles. The van der Waals surface area contributed by atoms with Crippen molar-refractivity contribution in [2.45, 2.75) is 0 Å². The lowest BCUT2D eigenvalue weighted by molar-refractivity contribution is 0.0398. The van der Waals surface area contributed by atoms with Crippen molar-refractivity contribution in [2.75, 3.05) is 63.2 Å². The second kappa shape index (κ2) is 8.90. The summed E-state index contributed by atoms with van der Waals surface area (Å²) in [4.78, 5) is 19.1. The van der Waals surface area contributed by atoms with E-state index in [-0.39, 0.29) is 5.91 Å². The number of carbonyl (C=O) groups excluding carboxylic acids is 1. The highest BCUT2D eigenvalue weighted by Crippen LogP contribution is 2.32. The van der Waals surface area contributed by atoms with E-state index in [0.29, 0.717) is 36.0 Å². The Bertz CT molecular complexity index is 806. The first kappa shape index (κ1) is 18.5. The van der Waals surface area contributed by atoms with E-state index in [2.05, 4.69) is 20.5 Å². The second-order valence-electron chi connectivity index (χ2n) is 6.63. The highest BCUT2D eigenvalue weighted by molar-refractivity contribution is 6.04. The fourth-order valence-corrected chi connectivity index (χ4v) is 3.12. The van der Waals surface area contributed by atoms with Crippen LogP contribution in [0.25, 0.3) is 0 Å². The van der Waals surface area contributed by atoms with Gasteiger partial charge in [-0.05, 0) is 24.3 Å². The van der Waals surface area contributed by atoms with Gasteiger partial charge in [-0.15, -0.1) is 0 Å². The molecule has 0 saturated carbocycles. The summed E-state index contributed by atoms with van der Waals surface area (Å²) < 4.78 is 16.4. The van der Waals surface area contributed by atoms with Gasteiger partial charge in [0.05, 0.1) is 18.8 Å². The quantitative estimate of drug-likeness (QED) is 0.786. The highest BCUT2D eigenvalue weighted by atomic mass is 16.6. The van der Waals surface area contributed by atoms with Crippen LogP contribution < -0.4 is 20.1 Å². The van der Waals surface area contributed by atoms with Gasteiger partial charge in [-0.25, -0.2) is 4.98 Å². The molecule has 2 aromatic rings. The van der Waals surface area contributed by atoms with Crippen LogP contribution in [0.4, 0.5) is 11.5 Å². The molecule has 2 aliphatic rings. The number of morpholine rings is 1. The number of fused-ring (bicyclic) bond motifs is 1. The fourth-order valence-electron chi connectivity index (χ4n) is 3.12.